The van der Waals surface area contributed by atoms with Gasteiger partial charge in [0.05, 0.1) is 0 Å². The molecule has 2 heterocycles. The van der Waals surface area contributed by atoms with E-state index in [-0.39, 0.29) is 11.8 Å². The molecule has 5 nitrogen and oxygen atoms in total. The standard InChI is InChI=1S/C22H25F3N4O/c23-22(24,25)20-13-19(15-9-10-15)29(28-20)12-4-11-26-21(30)8-3-5-16-14-27-18-7-2-1-6-17(16)18/h1-2,6-7,13-15,27H,3-5,8-12H2,(H,26,30). The summed E-state index contributed by atoms with van der Waals surface area (Å²) in [4.78, 5) is 15.3. The van der Waals surface area contributed by atoms with Crippen LogP contribution >= 0.6 is 0 Å². The zero-order chi connectivity index (χ0) is 21.1. The number of aromatic amines is 1. The molecule has 1 aliphatic rings. The Labute approximate surface area is 172 Å². The zero-order valence-electron chi connectivity index (χ0n) is 16.6. The fourth-order valence-corrected chi connectivity index (χ4v) is 3.78. The summed E-state index contributed by atoms with van der Waals surface area (Å²) in [5, 5.41) is 7.78. The van der Waals surface area contributed by atoms with Crippen LogP contribution in [-0.2, 0) is 23.9 Å². The molecule has 0 aliphatic heterocycles. The Morgan fingerprint density at radius 2 is 2.03 bits per heavy atom. The van der Waals surface area contributed by atoms with Crippen molar-refractivity contribution in [1.82, 2.24) is 20.1 Å². The number of H-pyrrole nitrogens is 1. The predicted octanol–water partition coefficient (Wildman–Crippen LogP) is 4.79. The molecule has 2 aromatic heterocycles. The Balaban J connectivity index is 1.19. The third-order valence-corrected chi connectivity index (χ3v) is 5.49. The van der Waals surface area contributed by atoms with Gasteiger partial charge in [-0.1, -0.05) is 18.2 Å². The van der Waals surface area contributed by atoms with E-state index in [2.05, 4.69) is 21.5 Å². The van der Waals surface area contributed by atoms with Gasteiger partial charge in [-0.25, -0.2) is 0 Å². The van der Waals surface area contributed by atoms with Crippen LogP contribution in [0.2, 0.25) is 0 Å². The normalized spacial score (nSPS) is 14.4. The molecule has 1 fully saturated rings. The van der Waals surface area contributed by atoms with E-state index >= 15 is 0 Å². The second-order valence-corrected chi connectivity index (χ2v) is 7.87. The number of nitrogens with zero attached hydrogens (tertiary/aromatic N) is 2. The van der Waals surface area contributed by atoms with Crippen molar-refractivity contribution in [3.63, 3.8) is 0 Å². The van der Waals surface area contributed by atoms with E-state index in [9.17, 15) is 18.0 Å². The molecule has 1 aliphatic carbocycles. The van der Waals surface area contributed by atoms with Gasteiger partial charge in [-0.15, -0.1) is 0 Å². The molecular formula is C22H25F3N4O. The van der Waals surface area contributed by atoms with Gasteiger partial charge in [0.2, 0.25) is 5.91 Å². The molecule has 3 aromatic rings. The van der Waals surface area contributed by atoms with Crippen LogP contribution in [-0.4, -0.2) is 27.2 Å². The van der Waals surface area contributed by atoms with Gasteiger partial charge in [-0.3, -0.25) is 9.48 Å². The van der Waals surface area contributed by atoms with E-state index in [4.69, 9.17) is 0 Å². The summed E-state index contributed by atoms with van der Waals surface area (Å²) >= 11 is 0. The van der Waals surface area contributed by atoms with Crippen molar-refractivity contribution in [2.24, 2.45) is 0 Å². The quantitative estimate of drug-likeness (QED) is 0.491. The number of rotatable bonds is 9. The first kappa shape index (κ1) is 20.5. The molecule has 0 saturated heterocycles. The molecule has 0 bridgehead atoms. The lowest BCUT2D eigenvalue weighted by Gasteiger charge is -2.08. The van der Waals surface area contributed by atoms with Crippen LogP contribution in [0.5, 0.6) is 0 Å². The first-order valence-corrected chi connectivity index (χ1v) is 10.4. The van der Waals surface area contributed by atoms with Crippen LogP contribution in [0, 0.1) is 0 Å². The number of alkyl halides is 3. The van der Waals surface area contributed by atoms with Crippen LogP contribution in [0.1, 0.15) is 55.0 Å². The molecule has 2 N–H and O–H groups in total. The van der Waals surface area contributed by atoms with E-state index in [1.54, 1.807) is 0 Å². The number of para-hydroxylation sites is 1. The van der Waals surface area contributed by atoms with E-state index in [0.29, 0.717) is 31.6 Å². The van der Waals surface area contributed by atoms with Crippen LogP contribution in [0.4, 0.5) is 13.2 Å². The number of amides is 1. The average molecular weight is 418 g/mol. The molecule has 8 heteroatoms. The first-order chi connectivity index (χ1) is 14.4. The highest BCUT2D eigenvalue weighted by Crippen LogP contribution is 2.42. The summed E-state index contributed by atoms with van der Waals surface area (Å²) in [5.41, 5.74) is 2.12. The van der Waals surface area contributed by atoms with Crippen molar-refractivity contribution < 1.29 is 18.0 Å². The minimum Gasteiger partial charge on any atom is -0.361 e. The number of nitrogens with one attached hydrogen (secondary N) is 2. The van der Waals surface area contributed by atoms with Crippen LogP contribution in [0.3, 0.4) is 0 Å². The lowest BCUT2D eigenvalue weighted by atomic mass is 10.1. The number of fused-ring (bicyclic) bond motifs is 1. The molecule has 4 rings (SSSR count). The maximum absolute atomic E-state index is 12.9. The summed E-state index contributed by atoms with van der Waals surface area (Å²) in [5.74, 6) is 0.154. The molecular weight excluding hydrogens is 393 g/mol. The molecule has 160 valence electrons. The summed E-state index contributed by atoms with van der Waals surface area (Å²) in [6.07, 6.45) is 1.92. The van der Waals surface area contributed by atoms with Gasteiger partial charge in [0.15, 0.2) is 5.69 Å². The highest BCUT2D eigenvalue weighted by atomic mass is 19.4. The monoisotopic (exact) mass is 418 g/mol. The molecule has 0 spiro atoms. The average Bonchev–Trinajstić information content (AvgIpc) is 3.32. The predicted molar refractivity (Wildman–Crippen MR) is 108 cm³/mol. The van der Waals surface area contributed by atoms with Crippen molar-refractivity contribution in [1.29, 1.82) is 0 Å². The topological polar surface area (TPSA) is 62.7 Å². The van der Waals surface area contributed by atoms with Gasteiger partial charge in [0, 0.05) is 48.2 Å². The Kier molecular flexibility index (Phi) is 5.83. The molecule has 0 unspecified atom stereocenters. The van der Waals surface area contributed by atoms with Crippen molar-refractivity contribution in [2.45, 2.75) is 57.2 Å². The highest BCUT2D eigenvalue weighted by molar-refractivity contribution is 5.83. The molecule has 30 heavy (non-hydrogen) atoms. The molecule has 0 radical (unpaired) electrons. The van der Waals surface area contributed by atoms with Crippen molar-refractivity contribution in [3.8, 4) is 0 Å². The smallest absolute Gasteiger partial charge is 0.361 e. The van der Waals surface area contributed by atoms with Crippen LogP contribution in [0.25, 0.3) is 10.9 Å². The van der Waals surface area contributed by atoms with Gasteiger partial charge in [-0.05, 0) is 49.8 Å². The highest BCUT2D eigenvalue weighted by Gasteiger charge is 2.37. The number of benzene rings is 1. The van der Waals surface area contributed by atoms with Crippen molar-refractivity contribution in [2.75, 3.05) is 6.54 Å². The fourth-order valence-electron chi connectivity index (χ4n) is 3.78. The van der Waals surface area contributed by atoms with Gasteiger partial charge in [0.1, 0.15) is 0 Å². The summed E-state index contributed by atoms with van der Waals surface area (Å²) in [6.45, 7) is 0.800. The van der Waals surface area contributed by atoms with E-state index in [1.807, 2.05) is 24.4 Å². The first-order valence-electron chi connectivity index (χ1n) is 10.4. The van der Waals surface area contributed by atoms with E-state index in [1.165, 1.54) is 21.7 Å². The third-order valence-electron chi connectivity index (χ3n) is 5.49. The minimum absolute atomic E-state index is 0.0336. The SMILES string of the molecule is O=C(CCCc1c[nH]c2ccccc12)NCCCn1nc(C(F)(F)F)cc1C1CC1. The largest absolute Gasteiger partial charge is 0.435 e. The Morgan fingerprint density at radius 1 is 1.23 bits per heavy atom. The van der Waals surface area contributed by atoms with Gasteiger partial charge in [-0.2, -0.15) is 18.3 Å². The van der Waals surface area contributed by atoms with Crippen molar-refractivity contribution >= 4 is 16.8 Å². The van der Waals surface area contributed by atoms with Crippen LogP contribution in [0.15, 0.2) is 36.5 Å². The van der Waals surface area contributed by atoms with Gasteiger partial charge >= 0.3 is 6.18 Å². The summed E-state index contributed by atoms with van der Waals surface area (Å²) in [6, 6.07) is 9.24. The number of carbonyl (C=O) groups excluding carboxylic acids is 1. The third kappa shape index (κ3) is 4.86. The van der Waals surface area contributed by atoms with E-state index in [0.717, 1.165) is 31.2 Å². The number of aromatic nitrogens is 3. The molecule has 1 aromatic carbocycles. The Hall–Kier alpha value is -2.77. The minimum atomic E-state index is -4.42. The second-order valence-electron chi connectivity index (χ2n) is 7.87. The Morgan fingerprint density at radius 3 is 2.80 bits per heavy atom. The fraction of sp³-hybridized carbons (Fsp3) is 0.455. The number of halogens is 3. The zero-order valence-corrected chi connectivity index (χ0v) is 16.6. The Bertz CT molecular complexity index is 1020. The number of hydrogen-bond acceptors (Lipinski definition) is 2. The maximum atomic E-state index is 12.9. The summed E-state index contributed by atoms with van der Waals surface area (Å²) < 4.78 is 40.3. The molecule has 1 saturated carbocycles. The number of aryl methyl sites for hydroxylation is 2. The van der Waals surface area contributed by atoms with E-state index < -0.39 is 11.9 Å². The number of hydrogen-bond donors (Lipinski definition) is 2. The lowest BCUT2D eigenvalue weighted by Crippen LogP contribution is -2.25. The lowest BCUT2D eigenvalue weighted by molar-refractivity contribution is -0.141. The number of carbonyl (C=O) groups is 1. The van der Waals surface area contributed by atoms with Crippen molar-refractivity contribution in [3.05, 3.63) is 53.5 Å². The molecule has 1 amide bonds. The van der Waals surface area contributed by atoms with Gasteiger partial charge < -0.3 is 10.3 Å². The van der Waals surface area contributed by atoms with Gasteiger partial charge in [0.25, 0.3) is 0 Å². The van der Waals surface area contributed by atoms with Crippen LogP contribution < -0.4 is 5.32 Å². The molecule has 0 atom stereocenters. The second kappa shape index (κ2) is 8.53. The maximum Gasteiger partial charge on any atom is 0.435 e. The summed E-state index contributed by atoms with van der Waals surface area (Å²) in [7, 11) is 0.